The van der Waals surface area contributed by atoms with E-state index in [1.807, 2.05) is 31.2 Å². The molecule has 0 aliphatic rings. The van der Waals surface area contributed by atoms with Crippen molar-refractivity contribution >= 4 is 68.5 Å². The molecular formula is C32H31ClN6O5S. The zero-order chi connectivity index (χ0) is 31.9. The molecule has 11 nitrogen and oxygen atoms in total. The minimum atomic E-state index is -2.57. The van der Waals surface area contributed by atoms with E-state index in [4.69, 9.17) is 31.0 Å². The van der Waals surface area contributed by atoms with Crippen LogP contribution in [0.1, 0.15) is 11.1 Å². The first kappa shape index (κ1) is 31.7. The first-order valence-corrected chi connectivity index (χ1v) is 15.2. The van der Waals surface area contributed by atoms with Gasteiger partial charge in [-0.05, 0) is 54.4 Å². The summed E-state index contributed by atoms with van der Waals surface area (Å²) in [7, 11) is 3.08. The van der Waals surface area contributed by atoms with Crippen molar-refractivity contribution in [3.8, 4) is 11.5 Å². The molecule has 0 radical (unpaired) electrons. The van der Waals surface area contributed by atoms with E-state index in [0.717, 1.165) is 15.4 Å². The maximum atomic E-state index is 12.9. The summed E-state index contributed by atoms with van der Waals surface area (Å²) in [4.78, 5) is 22.2. The molecule has 232 valence electrons. The maximum Gasteiger partial charge on any atom is 0.268 e. The van der Waals surface area contributed by atoms with Gasteiger partial charge in [0.1, 0.15) is 11.5 Å². The van der Waals surface area contributed by atoms with Gasteiger partial charge in [-0.15, -0.1) is 0 Å². The molecule has 1 aromatic heterocycles. The lowest BCUT2D eigenvalue weighted by molar-refractivity contribution is -0.115. The van der Waals surface area contributed by atoms with Crippen molar-refractivity contribution in [2.24, 2.45) is 0 Å². The van der Waals surface area contributed by atoms with Crippen LogP contribution in [-0.2, 0) is 22.6 Å². The number of hydrogen-bond acceptors (Lipinski definition) is 8. The van der Waals surface area contributed by atoms with Gasteiger partial charge in [-0.1, -0.05) is 41.9 Å². The van der Waals surface area contributed by atoms with Crippen LogP contribution in [0.5, 0.6) is 11.5 Å². The Hall–Kier alpha value is -4.75. The average Bonchev–Trinajstić information content (AvgIpc) is 3.03. The van der Waals surface area contributed by atoms with E-state index in [9.17, 15) is 13.6 Å². The topological polar surface area (TPSA) is 138 Å². The quantitative estimate of drug-likeness (QED) is 0.114. The molecule has 13 heteroatoms. The summed E-state index contributed by atoms with van der Waals surface area (Å²) in [5, 5.41) is 9.80. The minimum absolute atomic E-state index is 0.0413. The van der Waals surface area contributed by atoms with Crippen molar-refractivity contribution in [3.63, 3.8) is 0 Å². The van der Waals surface area contributed by atoms with E-state index in [1.165, 1.54) is 0 Å². The standard InChI is InChI=1S/C32H31ClN6O5S/c1-20-11-12-21(13-27(20)33)18-34-19-30(40)35-22-7-6-8-24(14-22)39(45(41)42)32-31(37-28-9-4-5-10-29(28)38-32)36-23-15-25(43-2)17-26(16-23)44-3/h4-17,34H,18-19H2,1-3H3,(H,35,40)(H,36,37)(H,41,42). The number of aryl methyl sites for hydroxylation is 1. The fourth-order valence-corrected chi connectivity index (χ4v) is 5.27. The number of aromatic nitrogens is 2. The second kappa shape index (κ2) is 14.4. The molecule has 0 aliphatic carbocycles. The van der Waals surface area contributed by atoms with Crippen LogP contribution < -0.4 is 29.7 Å². The fraction of sp³-hybridized carbons (Fsp3) is 0.156. The van der Waals surface area contributed by atoms with Gasteiger partial charge in [0, 0.05) is 41.1 Å². The summed E-state index contributed by atoms with van der Waals surface area (Å²) < 4.78 is 35.3. The van der Waals surface area contributed by atoms with E-state index >= 15 is 0 Å². The van der Waals surface area contributed by atoms with Crippen LogP contribution in [-0.4, -0.2) is 45.4 Å². The molecule has 5 aromatic rings. The summed E-state index contributed by atoms with van der Waals surface area (Å²) in [6.45, 7) is 2.43. The van der Waals surface area contributed by atoms with Crippen molar-refractivity contribution in [2.45, 2.75) is 13.5 Å². The number of hydrogen-bond donors (Lipinski definition) is 4. The summed E-state index contributed by atoms with van der Waals surface area (Å²) in [6, 6.07) is 24.7. The van der Waals surface area contributed by atoms with Gasteiger partial charge >= 0.3 is 0 Å². The number of para-hydroxylation sites is 2. The van der Waals surface area contributed by atoms with Gasteiger partial charge in [0.25, 0.3) is 11.3 Å². The number of rotatable bonds is 12. The lowest BCUT2D eigenvalue weighted by Gasteiger charge is -2.23. The van der Waals surface area contributed by atoms with E-state index in [-0.39, 0.29) is 24.1 Å². The second-order valence-corrected chi connectivity index (χ2v) is 11.2. The highest BCUT2D eigenvalue weighted by Crippen LogP contribution is 2.36. The molecule has 4 N–H and O–H groups in total. The lowest BCUT2D eigenvalue weighted by atomic mass is 10.1. The van der Waals surface area contributed by atoms with Gasteiger partial charge in [0.15, 0.2) is 11.6 Å². The molecule has 1 heterocycles. The third-order valence-corrected chi connectivity index (χ3v) is 7.83. The Labute approximate surface area is 268 Å². The Balaban J connectivity index is 1.41. The highest BCUT2D eigenvalue weighted by molar-refractivity contribution is 7.81. The SMILES string of the molecule is COc1cc(Nc2nc3ccccc3nc2N(c2cccc(NC(=O)CNCc3ccc(C)c(Cl)c3)c2)S(=O)O)cc(OC)c1. The average molecular weight is 647 g/mol. The number of nitrogens with zero attached hydrogens (tertiary/aromatic N) is 3. The Morgan fingerprint density at radius 1 is 0.911 bits per heavy atom. The number of benzene rings is 4. The monoisotopic (exact) mass is 646 g/mol. The predicted molar refractivity (Wildman–Crippen MR) is 178 cm³/mol. The Morgan fingerprint density at radius 2 is 1.62 bits per heavy atom. The van der Waals surface area contributed by atoms with Gasteiger partial charge in [-0.3, -0.25) is 9.35 Å². The minimum Gasteiger partial charge on any atom is -0.497 e. The van der Waals surface area contributed by atoms with Gasteiger partial charge in [-0.2, -0.15) is 0 Å². The summed E-state index contributed by atoms with van der Waals surface area (Å²) >= 11 is 3.63. The summed E-state index contributed by atoms with van der Waals surface area (Å²) in [6.07, 6.45) is 0. The molecule has 4 aromatic carbocycles. The van der Waals surface area contributed by atoms with Crippen LogP contribution in [0, 0.1) is 6.92 Å². The number of nitrogens with one attached hydrogen (secondary N) is 3. The van der Waals surface area contributed by atoms with Gasteiger partial charge in [0.2, 0.25) is 5.91 Å². The van der Waals surface area contributed by atoms with E-state index in [2.05, 4.69) is 16.0 Å². The number of carbonyl (C=O) groups is 1. The zero-order valence-corrected chi connectivity index (χ0v) is 26.3. The van der Waals surface area contributed by atoms with Gasteiger partial charge in [0.05, 0.1) is 37.5 Å². The third-order valence-electron chi connectivity index (χ3n) is 6.73. The molecule has 0 saturated heterocycles. The molecule has 5 rings (SSSR count). The Bertz CT molecular complexity index is 1850. The predicted octanol–water partition coefficient (Wildman–Crippen LogP) is 6.36. The first-order chi connectivity index (χ1) is 21.7. The van der Waals surface area contributed by atoms with Crippen LogP contribution in [0.25, 0.3) is 11.0 Å². The highest BCUT2D eigenvalue weighted by Gasteiger charge is 2.24. The van der Waals surface area contributed by atoms with Gasteiger partial charge in [-0.25, -0.2) is 18.5 Å². The molecule has 0 saturated carbocycles. The van der Waals surface area contributed by atoms with E-state index in [0.29, 0.717) is 51.2 Å². The Morgan fingerprint density at radius 3 is 2.29 bits per heavy atom. The second-order valence-electron chi connectivity index (χ2n) is 9.92. The van der Waals surface area contributed by atoms with Crippen molar-refractivity contribution in [2.75, 3.05) is 35.7 Å². The van der Waals surface area contributed by atoms with Crippen molar-refractivity contribution in [3.05, 3.63) is 101 Å². The van der Waals surface area contributed by atoms with Crippen molar-refractivity contribution in [1.29, 1.82) is 0 Å². The number of amides is 1. The number of methoxy groups -OCH3 is 2. The molecule has 1 atom stereocenters. The molecular weight excluding hydrogens is 616 g/mol. The number of anilines is 5. The third kappa shape index (κ3) is 7.86. The molecule has 1 amide bonds. The Kier molecular flexibility index (Phi) is 10.1. The van der Waals surface area contributed by atoms with Crippen molar-refractivity contribution < 1.29 is 23.0 Å². The molecule has 0 aliphatic heterocycles. The smallest absolute Gasteiger partial charge is 0.268 e. The zero-order valence-electron chi connectivity index (χ0n) is 24.7. The highest BCUT2D eigenvalue weighted by atomic mass is 35.5. The van der Waals surface area contributed by atoms with Crippen LogP contribution in [0.3, 0.4) is 0 Å². The van der Waals surface area contributed by atoms with Crippen LogP contribution in [0.15, 0.2) is 84.9 Å². The van der Waals surface area contributed by atoms with Crippen molar-refractivity contribution in [1.82, 2.24) is 15.3 Å². The van der Waals surface area contributed by atoms with Crippen LogP contribution >= 0.6 is 11.6 Å². The number of carbonyl (C=O) groups excluding carboxylic acids is 1. The fourth-order valence-electron chi connectivity index (χ4n) is 4.50. The number of halogens is 1. The normalized spacial score (nSPS) is 11.6. The molecule has 45 heavy (non-hydrogen) atoms. The largest absolute Gasteiger partial charge is 0.497 e. The van der Waals surface area contributed by atoms with Gasteiger partial charge < -0.3 is 25.4 Å². The first-order valence-electron chi connectivity index (χ1n) is 13.8. The molecule has 0 spiro atoms. The molecule has 0 bridgehead atoms. The van der Waals surface area contributed by atoms with Crippen LogP contribution in [0.4, 0.5) is 28.7 Å². The molecule has 1 unspecified atom stereocenters. The van der Waals surface area contributed by atoms with Crippen LogP contribution in [0.2, 0.25) is 5.02 Å². The summed E-state index contributed by atoms with van der Waals surface area (Å²) in [5.41, 5.74) is 4.30. The van der Waals surface area contributed by atoms with E-state index < -0.39 is 11.3 Å². The molecule has 0 fully saturated rings. The number of ether oxygens (including phenoxy) is 2. The summed E-state index contributed by atoms with van der Waals surface area (Å²) in [5.74, 6) is 1.08. The maximum absolute atomic E-state index is 12.9. The van der Waals surface area contributed by atoms with E-state index in [1.54, 1.807) is 74.9 Å². The number of fused-ring (bicyclic) bond motifs is 1. The lowest BCUT2D eigenvalue weighted by Crippen LogP contribution is -2.28.